The molecule has 2 aromatic carbocycles. The number of carbonyl (C=O) groups excluding carboxylic acids is 1. The summed E-state index contributed by atoms with van der Waals surface area (Å²) in [5.41, 5.74) is 0.134. The molecule has 0 spiro atoms. The summed E-state index contributed by atoms with van der Waals surface area (Å²) in [6, 6.07) is 11.0. The molecule has 0 aromatic heterocycles. The minimum Gasteiger partial charge on any atom is -0.494 e. The summed E-state index contributed by atoms with van der Waals surface area (Å²) in [5, 5.41) is 0. The molecule has 174 valence electrons. The molecule has 1 aliphatic rings. The van der Waals surface area contributed by atoms with Gasteiger partial charge in [-0.3, -0.25) is 0 Å². The number of hydrogen-bond acceptors (Lipinski definition) is 4. The Balaban J connectivity index is 1.38. The van der Waals surface area contributed by atoms with Gasteiger partial charge >= 0.3 is 5.97 Å². The third kappa shape index (κ3) is 7.25. The smallest absolute Gasteiger partial charge is 0.343 e. The van der Waals surface area contributed by atoms with Crippen molar-refractivity contribution in [1.82, 2.24) is 0 Å². The van der Waals surface area contributed by atoms with Crippen LogP contribution in [0.2, 0.25) is 0 Å². The van der Waals surface area contributed by atoms with Crippen LogP contribution in [0.25, 0.3) is 0 Å². The second-order valence-electron chi connectivity index (χ2n) is 8.61. The van der Waals surface area contributed by atoms with Crippen LogP contribution in [0.1, 0.15) is 75.6 Å². The molecule has 0 amide bonds. The van der Waals surface area contributed by atoms with Crippen LogP contribution in [-0.2, 0) is 0 Å². The molecule has 2 aromatic rings. The second kappa shape index (κ2) is 12.5. The Morgan fingerprint density at radius 2 is 1.56 bits per heavy atom. The van der Waals surface area contributed by atoms with E-state index in [0.717, 1.165) is 30.1 Å². The molecule has 32 heavy (non-hydrogen) atoms. The number of benzene rings is 2. The van der Waals surface area contributed by atoms with Gasteiger partial charge < -0.3 is 14.2 Å². The molecule has 0 N–H and O–H groups in total. The van der Waals surface area contributed by atoms with Crippen molar-refractivity contribution in [3.63, 3.8) is 0 Å². The Hall–Kier alpha value is -2.56. The quantitative estimate of drug-likeness (QED) is 0.209. The first-order chi connectivity index (χ1) is 15.6. The van der Waals surface area contributed by atoms with E-state index in [-0.39, 0.29) is 11.3 Å². The predicted octanol–water partition coefficient (Wildman–Crippen LogP) is 7.21. The minimum absolute atomic E-state index is 0.120. The first kappa shape index (κ1) is 24.1. The second-order valence-corrected chi connectivity index (χ2v) is 8.61. The van der Waals surface area contributed by atoms with Gasteiger partial charge in [0, 0.05) is 0 Å². The van der Waals surface area contributed by atoms with Crippen molar-refractivity contribution in [3.8, 4) is 17.2 Å². The van der Waals surface area contributed by atoms with Crippen LogP contribution in [-0.4, -0.2) is 19.2 Å². The van der Waals surface area contributed by atoms with Gasteiger partial charge in [0.05, 0.1) is 18.8 Å². The predicted molar refractivity (Wildman–Crippen MR) is 124 cm³/mol. The topological polar surface area (TPSA) is 44.8 Å². The van der Waals surface area contributed by atoms with E-state index in [1.54, 1.807) is 31.2 Å². The highest BCUT2D eigenvalue weighted by Crippen LogP contribution is 2.33. The number of esters is 1. The van der Waals surface area contributed by atoms with Crippen molar-refractivity contribution in [2.75, 3.05) is 13.2 Å². The van der Waals surface area contributed by atoms with Crippen molar-refractivity contribution in [1.29, 1.82) is 0 Å². The van der Waals surface area contributed by atoms with Crippen LogP contribution < -0.4 is 14.2 Å². The maximum absolute atomic E-state index is 14.0. The van der Waals surface area contributed by atoms with E-state index in [2.05, 4.69) is 6.92 Å². The van der Waals surface area contributed by atoms with Gasteiger partial charge in [0.1, 0.15) is 11.5 Å². The van der Waals surface area contributed by atoms with Gasteiger partial charge in [-0.2, -0.15) is 0 Å². The van der Waals surface area contributed by atoms with Gasteiger partial charge in [0.25, 0.3) is 0 Å². The lowest BCUT2D eigenvalue weighted by atomic mass is 9.78. The molecule has 0 aliphatic heterocycles. The van der Waals surface area contributed by atoms with E-state index < -0.39 is 11.8 Å². The molecule has 0 atom stereocenters. The molecule has 4 nitrogen and oxygen atoms in total. The zero-order valence-electron chi connectivity index (χ0n) is 19.3. The first-order valence-electron chi connectivity index (χ1n) is 12.0. The lowest BCUT2D eigenvalue weighted by Gasteiger charge is -2.28. The van der Waals surface area contributed by atoms with Crippen molar-refractivity contribution in [2.24, 2.45) is 11.8 Å². The van der Waals surface area contributed by atoms with Crippen molar-refractivity contribution in [3.05, 3.63) is 53.8 Å². The van der Waals surface area contributed by atoms with Gasteiger partial charge in [-0.15, -0.1) is 0 Å². The van der Waals surface area contributed by atoms with Crippen LogP contribution in [0.4, 0.5) is 4.39 Å². The Morgan fingerprint density at radius 3 is 2.19 bits per heavy atom. The fourth-order valence-corrected chi connectivity index (χ4v) is 4.45. The Kier molecular flexibility index (Phi) is 9.39. The lowest BCUT2D eigenvalue weighted by Crippen LogP contribution is -2.15. The van der Waals surface area contributed by atoms with Gasteiger partial charge in [0.15, 0.2) is 11.6 Å². The zero-order chi connectivity index (χ0) is 22.8. The Labute approximate surface area is 191 Å². The number of ether oxygens (including phenoxy) is 3. The Bertz CT molecular complexity index is 841. The number of halogens is 1. The largest absolute Gasteiger partial charge is 0.494 e. The highest BCUT2D eigenvalue weighted by atomic mass is 19.1. The summed E-state index contributed by atoms with van der Waals surface area (Å²) in [7, 11) is 0. The zero-order valence-corrected chi connectivity index (χ0v) is 19.3. The first-order valence-corrected chi connectivity index (χ1v) is 12.0. The summed E-state index contributed by atoms with van der Waals surface area (Å²) >= 11 is 0. The van der Waals surface area contributed by atoms with Gasteiger partial charge in [-0.05, 0) is 74.1 Å². The lowest BCUT2D eigenvalue weighted by molar-refractivity contribution is 0.0734. The summed E-state index contributed by atoms with van der Waals surface area (Å²) in [6.45, 7) is 5.10. The molecule has 3 rings (SSSR count). The number of carbonyl (C=O) groups is 1. The summed E-state index contributed by atoms with van der Waals surface area (Å²) in [4.78, 5) is 12.3. The van der Waals surface area contributed by atoms with Gasteiger partial charge in [-0.1, -0.05) is 45.4 Å². The standard InChI is InChI=1S/C27H35FO4/c1-3-6-20-8-10-21(11-9-20)7-5-18-31-23-13-15-24(16-14-23)32-27(29)22-12-17-26(30-4-2)25(28)19-22/h12-17,19-21H,3-11,18H2,1-2H3/t20-,21-. The third-order valence-corrected chi connectivity index (χ3v) is 6.19. The monoisotopic (exact) mass is 442 g/mol. The minimum atomic E-state index is -0.616. The molecular weight excluding hydrogens is 407 g/mol. The van der Waals surface area contributed by atoms with E-state index in [9.17, 15) is 9.18 Å². The molecule has 0 heterocycles. The van der Waals surface area contributed by atoms with E-state index in [0.29, 0.717) is 19.0 Å². The molecule has 0 unspecified atom stereocenters. The van der Waals surface area contributed by atoms with E-state index >= 15 is 0 Å². The van der Waals surface area contributed by atoms with Gasteiger partial charge in [-0.25, -0.2) is 9.18 Å². The van der Waals surface area contributed by atoms with E-state index in [1.807, 2.05) is 0 Å². The normalized spacial score (nSPS) is 18.2. The van der Waals surface area contributed by atoms with Crippen LogP contribution in [0.5, 0.6) is 17.2 Å². The molecule has 1 fully saturated rings. The highest BCUT2D eigenvalue weighted by molar-refractivity contribution is 5.91. The van der Waals surface area contributed by atoms with E-state index in [4.69, 9.17) is 14.2 Å². The fourth-order valence-electron chi connectivity index (χ4n) is 4.45. The molecular formula is C27H35FO4. The highest BCUT2D eigenvalue weighted by Gasteiger charge is 2.20. The maximum Gasteiger partial charge on any atom is 0.343 e. The third-order valence-electron chi connectivity index (χ3n) is 6.19. The Morgan fingerprint density at radius 1 is 0.906 bits per heavy atom. The van der Waals surface area contributed by atoms with Crippen molar-refractivity contribution >= 4 is 5.97 Å². The van der Waals surface area contributed by atoms with Crippen molar-refractivity contribution < 1.29 is 23.4 Å². The molecule has 5 heteroatoms. The van der Waals surface area contributed by atoms with E-state index in [1.165, 1.54) is 57.1 Å². The number of rotatable bonds is 11. The van der Waals surface area contributed by atoms with Crippen LogP contribution in [0.15, 0.2) is 42.5 Å². The molecule has 0 radical (unpaired) electrons. The number of hydrogen-bond donors (Lipinski definition) is 0. The van der Waals surface area contributed by atoms with Crippen LogP contribution in [0.3, 0.4) is 0 Å². The van der Waals surface area contributed by atoms with Crippen LogP contribution in [0, 0.1) is 17.7 Å². The molecule has 1 saturated carbocycles. The fraction of sp³-hybridized carbons (Fsp3) is 0.519. The van der Waals surface area contributed by atoms with Crippen LogP contribution >= 0.6 is 0 Å². The molecule has 0 bridgehead atoms. The molecule has 1 aliphatic carbocycles. The summed E-state index contributed by atoms with van der Waals surface area (Å²) in [6.07, 6.45) is 10.5. The van der Waals surface area contributed by atoms with Crippen molar-refractivity contribution in [2.45, 2.75) is 65.2 Å². The molecule has 0 saturated heterocycles. The average Bonchev–Trinajstić information content (AvgIpc) is 2.80. The van der Waals surface area contributed by atoms with Gasteiger partial charge in [0.2, 0.25) is 0 Å². The maximum atomic E-state index is 14.0. The SMILES string of the molecule is CCC[C@H]1CC[C@H](CCCOc2ccc(OC(=O)c3ccc(OCC)c(F)c3)cc2)CC1. The average molecular weight is 443 g/mol. The summed E-state index contributed by atoms with van der Waals surface area (Å²) < 4.78 is 30.3. The summed E-state index contributed by atoms with van der Waals surface area (Å²) in [5.74, 6) is 1.86.